The van der Waals surface area contributed by atoms with E-state index < -0.39 is 14.1 Å². The third kappa shape index (κ3) is 1.84. The Kier molecular flexibility index (Phi) is 4.31. The molecule has 12 heavy (non-hydrogen) atoms. The Morgan fingerprint density at radius 3 is 1.50 bits per heavy atom. The average molecular weight is 194 g/mol. The molecule has 0 aromatic carbocycles. The SMILES string of the molecule is CCC(N)(N)[Si](OC)(OC)OC. The molecule has 74 valence electrons. The first-order valence-corrected chi connectivity index (χ1v) is 5.45. The largest absolute Gasteiger partial charge is 0.536 e. The Morgan fingerprint density at radius 1 is 1.08 bits per heavy atom. The zero-order chi connectivity index (χ0) is 9.83. The van der Waals surface area contributed by atoms with Crippen LogP contribution < -0.4 is 11.5 Å². The standard InChI is InChI=1S/C6H18N2O3Si/c1-5-6(7,8)12(9-2,10-3)11-4/h5,7-8H2,1-4H3. The Hall–Kier alpha value is 0.0169. The fourth-order valence-electron chi connectivity index (χ4n) is 1.04. The summed E-state index contributed by atoms with van der Waals surface area (Å²) in [5.41, 5.74) is 11.6. The van der Waals surface area contributed by atoms with Crippen LogP contribution in [0.2, 0.25) is 0 Å². The maximum atomic E-state index is 5.79. The van der Waals surface area contributed by atoms with E-state index in [9.17, 15) is 0 Å². The summed E-state index contributed by atoms with van der Waals surface area (Å²) in [5, 5.41) is -1.02. The Bertz CT molecular complexity index is 130. The fraction of sp³-hybridized carbons (Fsp3) is 1.00. The summed E-state index contributed by atoms with van der Waals surface area (Å²) in [4.78, 5) is 0. The molecule has 5 nitrogen and oxygen atoms in total. The van der Waals surface area contributed by atoms with Crippen LogP contribution in [0.1, 0.15) is 13.3 Å². The van der Waals surface area contributed by atoms with Crippen LogP contribution in [-0.2, 0) is 13.3 Å². The highest BCUT2D eigenvalue weighted by Gasteiger charge is 2.54. The van der Waals surface area contributed by atoms with Gasteiger partial charge in [-0.1, -0.05) is 6.92 Å². The molecule has 0 heterocycles. The van der Waals surface area contributed by atoms with Crippen molar-refractivity contribution in [1.29, 1.82) is 0 Å². The van der Waals surface area contributed by atoms with Gasteiger partial charge in [-0.25, -0.2) is 0 Å². The van der Waals surface area contributed by atoms with Crippen molar-refractivity contribution in [1.82, 2.24) is 0 Å². The third-order valence-corrected chi connectivity index (χ3v) is 5.07. The maximum Gasteiger partial charge on any atom is 0.536 e. The van der Waals surface area contributed by atoms with E-state index in [1.165, 1.54) is 21.3 Å². The molecule has 0 unspecified atom stereocenters. The van der Waals surface area contributed by atoms with E-state index in [1.54, 1.807) is 0 Å². The highest BCUT2D eigenvalue weighted by Crippen LogP contribution is 2.18. The van der Waals surface area contributed by atoms with Gasteiger partial charge >= 0.3 is 8.80 Å². The van der Waals surface area contributed by atoms with Crippen LogP contribution in [0.15, 0.2) is 0 Å². The van der Waals surface area contributed by atoms with Crippen molar-refractivity contribution in [2.24, 2.45) is 11.5 Å². The molecule has 0 spiro atoms. The summed E-state index contributed by atoms with van der Waals surface area (Å²) in [6, 6.07) is 0. The van der Waals surface area contributed by atoms with Crippen LogP contribution in [0.4, 0.5) is 0 Å². The molecule has 0 atom stereocenters. The average Bonchev–Trinajstić information content (AvgIpc) is 2.08. The molecule has 0 saturated heterocycles. The van der Waals surface area contributed by atoms with Gasteiger partial charge in [-0.15, -0.1) is 0 Å². The van der Waals surface area contributed by atoms with Crippen LogP contribution >= 0.6 is 0 Å². The molecule has 0 radical (unpaired) electrons. The summed E-state index contributed by atoms with van der Waals surface area (Å²) in [5.74, 6) is 0. The smallest absolute Gasteiger partial charge is 0.375 e. The maximum absolute atomic E-state index is 5.79. The minimum atomic E-state index is -2.89. The van der Waals surface area contributed by atoms with Gasteiger partial charge in [0.05, 0.1) is 0 Å². The highest BCUT2D eigenvalue weighted by molar-refractivity contribution is 6.64. The first-order chi connectivity index (χ1) is 5.49. The predicted molar refractivity (Wildman–Crippen MR) is 48.2 cm³/mol. The van der Waals surface area contributed by atoms with Crippen molar-refractivity contribution in [2.75, 3.05) is 21.3 Å². The van der Waals surface area contributed by atoms with Gasteiger partial charge in [0.2, 0.25) is 0 Å². The van der Waals surface area contributed by atoms with E-state index >= 15 is 0 Å². The van der Waals surface area contributed by atoms with Crippen molar-refractivity contribution in [3.05, 3.63) is 0 Å². The summed E-state index contributed by atoms with van der Waals surface area (Å²) in [6.07, 6.45) is 0.536. The first-order valence-electron chi connectivity index (χ1n) is 3.73. The second kappa shape index (κ2) is 4.31. The van der Waals surface area contributed by atoms with E-state index in [-0.39, 0.29) is 0 Å². The number of hydrogen-bond acceptors (Lipinski definition) is 5. The van der Waals surface area contributed by atoms with Gasteiger partial charge in [-0.05, 0) is 6.42 Å². The monoisotopic (exact) mass is 194 g/mol. The van der Waals surface area contributed by atoms with Gasteiger partial charge in [0, 0.05) is 21.3 Å². The lowest BCUT2D eigenvalue weighted by molar-refractivity contribution is 0.0912. The van der Waals surface area contributed by atoms with Crippen LogP contribution in [0.25, 0.3) is 0 Å². The second-order valence-corrected chi connectivity index (χ2v) is 5.83. The first kappa shape index (κ1) is 12.0. The molecular weight excluding hydrogens is 176 g/mol. The lowest BCUT2D eigenvalue weighted by Gasteiger charge is -2.36. The zero-order valence-electron chi connectivity index (χ0n) is 8.09. The molecule has 4 N–H and O–H groups in total. The zero-order valence-corrected chi connectivity index (χ0v) is 9.09. The number of nitrogens with two attached hydrogens (primary N) is 2. The van der Waals surface area contributed by atoms with E-state index in [4.69, 9.17) is 24.7 Å². The van der Waals surface area contributed by atoms with Gasteiger partial charge in [0.15, 0.2) is 0 Å². The van der Waals surface area contributed by atoms with Crippen molar-refractivity contribution in [3.63, 3.8) is 0 Å². The van der Waals surface area contributed by atoms with Crippen molar-refractivity contribution in [2.45, 2.75) is 18.6 Å². The molecule has 0 aliphatic rings. The molecule has 0 aromatic heterocycles. The van der Waals surface area contributed by atoms with Crippen LogP contribution in [0.3, 0.4) is 0 Å². The molecule has 0 fully saturated rings. The summed E-state index contributed by atoms with van der Waals surface area (Å²) >= 11 is 0. The predicted octanol–water partition coefficient (Wildman–Crippen LogP) is -0.573. The van der Waals surface area contributed by atoms with Gasteiger partial charge in [0.1, 0.15) is 5.29 Å². The van der Waals surface area contributed by atoms with Crippen LogP contribution in [0.5, 0.6) is 0 Å². The van der Waals surface area contributed by atoms with E-state index in [2.05, 4.69) is 0 Å². The van der Waals surface area contributed by atoms with E-state index in [0.29, 0.717) is 6.42 Å². The molecule has 0 saturated carbocycles. The van der Waals surface area contributed by atoms with Gasteiger partial charge in [0.25, 0.3) is 0 Å². The summed E-state index contributed by atoms with van der Waals surface area (Å²) in [7, 11) is 1.58. The van der Waals surface area contributed by atoms with Gasteiger partial charge in [-0.3, -0.25) is 0 Å². The highest BCUT2D eigenvalue weighted by atomic mass is 28.4. The van der Waals surface area contributed by atoms with Crippen molar-refractivity contribution in [3.8, 4) is 0 Å². The molecule has 0 rings (SSSR count). The topological polar surface area (TPSA) is 79.7 Å². The quantitative estimate of drug-likeness (QED) is 0.452. The molecular formula is C6H18N2O3Si. The van der Waals surface area contributed by atoms with Crippen molar-refractivity contribution < 1.29 is 13.3 Å². The van der Waals surface area contributed by atoms with Gasteiger partial charge in [-0.2, -0.15) is 0 Å². The van der Waals surface area contributed by atoms with Crippen LogP contribution in [0, 0.1) is 0 Å². The summed E-state index contributed by atoms with van der Waals surface area (Å²) in [6.45, 7) is 1.86. The molecule has 0 bridgehead atoms. The van der Waals surface area contributed by atoms with E-state index in [0.717, 1.165) is 0 Å². The summed E-state index contributed by atoms with van der Waals surface area (Å²) < 4.78 is 15.4. The molecule has 6 heteroatoms. The second-order valence-electron chi connectivity index (χ2n) is 2.56. The lowest BCUT2D eigenvalue weighted by Crippen LogP contribution is -2.73. The third-order valence-electron chi connectivity index (χ3n) is 1.96. The number of hydrogen-bond donors (Lipinski definition) is 2. The Balaban J connectivity index is 4.69. The molecule has 0 amide bonds. The van der Waals surface area contributed by atoms with Gasteiger partial charge < -0.3 is 24.7 Å². The molecule has 0 aliphatic heterocycles. The lowest BCUT2D eigenvalue weighted by atomic mass is 10.4. The minimum absolute atomic E-state index is 0.536. The fourth-order valence-corrected chi connectivity index (χ4v) is 3.11. The Morgan fingerprint density at radius 2 is 1.42 bits per heavy atom. The minimum Gasteiger partial charge on any atom is -0.375 e. The molecule has 0 aliphatic carbocycles. The van der Waals surface area contributed by atoms with E-state index in [1.807, 2.05) is 6.92 Å². The number of rotatable bonds is 5. The Labute approximate surface area is 74.3 Å². The van der Waals surface area contributed by atoms with Crippen LogP contribution in [-0.4, -0.2) is 35.4 Å². The van der Waals surface area contributed by atoms with Crippen molar-refractivity contribution >= 4 is 8.80 Å². The normalized spacial score (nSPS) is 13.5. The molecule has 0 aromatic rings.